The van der Waals surface area contributed by atoms with Crippen molar-refractivity contribution in [1.29, 1.82) is 0 Å². The highest BCUT2D eigenvalue weighted by atomic mass is 19.4. The van der Waals surface area contributed by atoms with E-state index in [-0.39, 0.29) is 0 Å². The largest absolute Gasteiger partial charge is 0.412 e. The Hall–Kier alpha value is -1.57. The molecule has 0 bridgehead atoms. The molecule has 1 aromatic rings. The number of piperidine rings is 1. The van der Waals surface area contributed by atoms with Gasteiger partial charge in [-0.05, 0) is 19.3 Å². The minimum Gasteiger partial charge on any atom is -0.370 e. The Labute approximate surface area is 114 Å². The zero-order valence-corrected chi connectivity index (χ0v) is 10.9. The van der Waals surface area contributed by atoms with Crippen LogP contribution in [0.2, 0.25) is 0 Å². The van der Waals surface area contributed by atoms with Crippen LogP contribution in [0.3, 0.4) is 0 Å². The summed E-state index contributed by atoms with van der Waals surface area (Å²) in [5.41, 5.74) is 4.91. The first-order valence-corrected chi connectivity index (χ1v) is 6.54. The predicted molar refractivity (Wildman–Crippen MR) is 68.7 cm³/mol. The fraction of sp³-hybridized carbons (Fsp3) is 0.667. The normalized spacial score (nSPS) is 18.1. The van der Waals surface area contributed by atoms with Gasteiger partial charge < -0.3 is 10.6 Å². The van der Waals surface area contributed by atoms with Gasteiger partial charge in [-0.3, -0.25) is 4.79 Å². The smallest absolute Gasteiger partial charge is 0.370 e. The highest BCUT2D eigenvalue weighted by molar-refractivity contribution is 5.43. The molecule has 8 heteroatoms. The number of nitrogens with zero attached hydrogens (tertiary/aromatic N) is 3. The third-order valence-electron chi connectivity index (χ3n) is 3.43. The molecule has 1 aromatic heterocycles. The first kappa shape index (κ1) is 14.8. The van der Waals surface area contributed by atoms with Gasteiger partial charge in [0.05, 0.1) is 11.9 Å². The summed E-state index contributed by atoms with van der Waals surface area (Å²) >= 11 is 0. The number of hydrogen-bond donors (Lipinski definition) is 1. The molecule has 0 spiro atoms. The topological polar surface area (TPSA) is 64.2 Å². The summed E-state index contributed by atoms with van der Waals surface area (Å²) < 4.78 is 38.7. The van der Waals surface area contributed by atoms with Crippen molar-refractivity contribution in [3.8, 4) is 0 Å². The molecule has 0 aliphatic carbocycles. The molecular weight excluding hydrogens is 273 g/mol. The minimum absolute atomic E-state index is 0.410. The Kier molecular flexibility index (Phi) is 4.32. The molecule has 20 heavy (non-hydrogen) atoms. The van der Waals surface area contributed by atoms with Crippen LogP contribution in [0.25, 0.3) is 0 Å². The number of alkyl halides is 3. The first-order chi connectivity index (χ1) is 9.43. The maximum atomic E-state index is 12.8. The molecule has 1 aliphatic rings. The second-order valence-corrected chi connectivity index (χ2v) is 4.84. The summed E-state index contributed by atoms with van der Waals surface area (Å²) in [4.78, 5) is 13.8. The number of anilines is 1. The second kappa shape index (κ2) is 5.82. The first-order valence-electron chi connectivity index (χ1n) is 6.54. The van der Waals surface area contributed by atoms with E-state index in [2.05, 4.69) is 5.10 Å². The number of hydrogen-bond acceptors (Lipinski definition) is 4. The Bertz CT molecular complexity index is 508. The van der Waals surface area contributed by atoms with Crippen LogP contribution in [0, 0.1) is 0 Å². The quantitative estimate of drug-likeness (QED) is 0.911. The van der Waals surface area contributed by atoms with E-state index in [1.165, 1.54) is 12.3 Å². The van der Waals surface area contributed by atoms with Gasteiger partial charge >= 0.3 is 6.18 Å². The molecule has 0 amide bonds. The lowest BCUT2D eigenvalue weighted by Crippen LogP contribution is -2.41. The molecule has 2 heterocycles. The Morgan fingerprint density at radius 3 is 2.45 bits per heavy atom. The standard InChI is InChI=1S/C12H17F3N4O/c13-12(14,15)10(7-16)19-11(20)6-9(8-17-19)18-4-2-1-3-5-18/h6,8,10H,1-5,7,16H2. The molecule has 1 saturated heterocycles. The third kappa shape index (κ3) is 3.12. The summed E-state index contributed by atoms with van der Waals surface area (Å²) in [5.74, 6) is 0. The van der Waals surface area contributed by atoms with Gasteiger partial charge in [-0.25, -0.2) is 4.68 Å². The van der Waals surface area contributed by atoms with Gasteiger partial charge in [0.2, 0.25) is 0 Å². The maximum Gasteiger partial charge on any atom is 0.412 e. The fourth-order valence-corrected chi connectivity index (χ4v) is 2.34. The van der Waals surface area contributed by atoms with Crippen LogP contribution in [0.1, 0.15) is 25.3 Å². The molecule has 2 N–H and O–H groups in total. The highest BCUT2D eigenvalue weighted by Gasteiger charge is 2.41. The van der Waals surface area contributed by atoms with E-state index in [1.54, 1.807) is 0 Å². The number of nitrogens with two attached hydrogens (primary N) is 1. The molecule has 5 nitrogen and oxygen atoms in total. The van der Waals surface area contributed by atoms with E-state index >= 15 is 0 Å². The van der Waals surface area contributed by atoms with Gasteiger partial charge in [-0.15, -0.1) is 0 Å². The fourth-order valence-electron chi connectivity index (χ4n) is 2.34. The average Bonchev–Trinajstić information content (AvgIpc) is 2.41. The molecule has 1 aliphatic heterocycles. The summed E-state index contributed by atoms with van der Waals surface area (Å²) in [5, 5.41) is 3.65. The van der Waals surface area contributed by atoms with Crippen molar-refractivity contribution in [3.63, 3.8) is 0 Å². The SMILES string of the molecule is NCC(n1ncc(N2CCCCC2)cc1=O)C(F)(F)F. The van der Waals surface area contributed by atoms with Crippen molar-refractivity contribution < 1.29 is 13.2 Å². The van der Waals surface area contributed by atoms with Crippen molar-refractivity contribution >= 4 is 5.69 Å². The van der Waals surface area contributed by atoms with Crippen LogP contribution >= 0.6 is 0 Å². The Balaban J connectivity index is 2.27. The van der Waals surface area contributed by atoms with Crippen LogP contribution in [0.5, 0.6) is 0 Å². The predicted octanol–water partition coefficient (Wildman–Crippen LogP) is 1.30. The Morgan fingerprint density at radius 1 is 1.30 bits per heavy atom. The summed E-state index contributed by atoms with van der Waals surface area (Å²) in [6.45, 7) is 0.884. The van der Waals surface area contributed by atoms with Crippen LogP contribution in [-0.2, 0) is 0 Å². The zero-order valence-electron chi connectivity index (χ0n) is 10.9. The van der Waals surface area contributed by atoms with Crippen LogP contribution < -0.4 is 16.2 Å². The van der Waals surface area contributed by atoms with E-state index in [4.69, 9.17) is 5.73 Å². The van der Waals surface area contributed by atoms with Gasteiger partial charge in [-0.2, -0.15) is 18.3 Å². The summed E-state index contributed by atoms with van der Waals surface area (Å²) in [6, 6.07) is -0.877. The van der Waals surface area contributed by atoms with Crippen molar-refractivity contribution in [2.24, 2.45) is 5.73 Å². The van der Waals surface area contributed by atoms with Crippen molar-refractivity contribution in [1.82, 2.24) is 9.78 Å². The van der Waals surface area contributed by atoms with Crippen LogP contribution in [-0.4, -0.2) is 35.6 Å². The summed E-state index contributed by atoms with van der Waals surface area (Å²) in [7, 11) is 0. The monoisotopic (exact) mass is 290 g/mol. The molecule has 0 saturated carbocycles. The van der Waals surface area contributed by atoms with Gasteiger partial charge in [0.25, 0.3) is 5.56 Å². The van der Waals surface area contributed by atoms with Gasteiger partial charge in [0.15, 0.2) is 6.04 Å². The van der Waals surface area contributed by atoms with E-state index in [0.29, 0.717) is 10.4 Å². The number of aromatic nitrogens is 2. The van der Waals surface area contributed by atoms with Crippen molar-refractivity contribution in [3.05, 3.63) is 22.6 Å². The lowest BCUT2D eigenvalue weighted by Gasteiger charge is -2.28. The van der Waals surface area contributed by atoms with Gasteiger partial charge in [-0.1, -0.05) is 0 Å². The maximum absolute atomic E-state index is 12.8. The van der Waals surface area contributed by atoms with E-state index < -0.39 is 24.3 Å². The number of halogens is 3. The molecule has 1 fully saturated rings. The van der Waals surface area contributed by atoms with E-state index in [9.17, 15) is 18.0 Å². The van der Waals surface area contributed by atoms with E-state index in [0.717, 1.165) is 32.4 Å². The van der Waals surface area contributed by atoms with Crippen molar-refractivity contribution in [2.45, 2.75) is 31.5 Å². The Morgan fingerprint density at radius 2 is 1.95 bits per heavy atom. The van der Waals surface area contributed by atoms with Crippen molar-refractivity contribution in [2.75, 3.05) is 24.5 Å². The molecule has 2 rings (SSSR count). The molecule has 0 aromatic carbocycles. The average molecular weight is 290 g/mol. The molecule has 112 valence electrons. The minimum atomic E-state index is -4.59. The lowest BCUT2D eigenvalue weighted by atomic mass is 10.1. The van der Waals surface area contributed by atoms with Crippen LogP contribution in [0.4, 0.5) is 18.9 Å². The third-order valence-corrected chi connectivity index (χ3v) is 3.43. The van der Waals surface area contributed by atoms with Gasteiger partial charge in [0.1, 0.15) is 0 Å². The van der Waals surface area contributed by atoms with Crippen LogP contribution in [0.15, 0.2) is 17.1 Å². The molecule has 1 atom stereocenters. The lowest BCUT2D eigenvalue weighted by molar-refractivity contribution is -0.168. The molecule has 0 radical (unpaired) electrons. The second-order valence-electron chi connectivity index (χ2n) is 4.84. The zero-order chi connectivity index (χ0) is 14.8. The van der Waals surface area contributed by atoms with Gasteiger partial charge in [0, 0.05) is 25.7 Å². The summed E-state index contributed by atoms with van der Waals surface area (Å²) in [6.07, 6.45) is -0.127. The van der Waals surface area contributed by atoms with E-state index in [1.807, 2.05) is 4.90 Å². The number of rotatable bonds is 3. The molecule has 1 unspecified atom stereocenters. The molecular formula is C12H17F3N4O. The highest BCUT2D eigenvalue weighted by Crippen LogP contribution is 2.28.